The van der Waals surface area contributed by atoms with Crippen LogP contribution in [0.4, 0.5) is 0 Å². The highest BCUT2D eigenvalue weighted by molar-refractivity contribution is 4.95. The van der Waals surface area contributed by atoms with Crippen molar-refractivity contribution in [3.05, 3.63) is 18.5 Å². The van der Waals surface area contributed by atoms with Crippen LogP contribution in [0.5, 0.6) is 0 Å². The summed E-state index contributed by atoms with van der Waals surface area (Å²) in [6.45, 7) is 4.57. The predicted molar refractivity (Wildman–Crippen MR) is 62.9 cm³/mol. The molecule has 0 bridgehead atoms. The maximum absolute atomic E-state index is 6.13. The van der Waals surface area contributed by atoms with Crippen LogP contribution >= 0.6 is 0 Å². The van der Waals surface area contributed by atoms with E-state index in [-0.39, 0.29) is 0 Å². The van der Waals surface area contributed by atoms with Crippen LogP contribution in [0.3, 0.4) is 0 Å². The van der Waals surface area contributed by atoms with Gasteiger partial charge >= 0.3 is 0 Å². The summed E-state index contributed by atoms with van der Waals surface area (Å²) in [5, 5.41) is 4.23. The van der Waals surface area contributed by atoms with Crippen molar-refractivity contribution in [1.29, 1.82) is 0 Å². The number of likely N-dealkylation sites (tertiary alicyclic amines) is 1. The zero-order valence-electron chi connectivity index (χ0n) is 9.63. The molecule has 4 heteroatoms. The number of hydrogen-bond donors (Lipinski definition) is 1. The smallest absolute Gasteiger partial charge is 0.0536 e. The standard InChI is InChI=1S/C12H20N4/c13-12-3-2-10-8-15(9-11(10)12)6-7-16-5-1-4-14-16/h1,4-5,10-12H,2-3,6-9,13H2. The van der Waals surface area contributed by atoms with E-state index in [1.54, 1.807) is 0 Å². The monoisotopic (exact) mass is 220 g/mol. The molecule has 1 aliphatic heterocycles. The highest BCUT2D eigenvalue weighted by atomic mass is 15.3. The van der Waals surface area contributed by atoms with Crippen LogP contribution in [-0.4, -0.2) is 40.4 Å². The van der Waals surface area contributed by atoms with E-state index in [2.05, 4.69) is 10.00 Å². The van der Waals surface area contributed by atoms with Crippen molar-refractivity contribution in [2.45, 2.75) is 25.4 Å². The summed E-state index contributed by atoms with van der Waals surface area (Å²) in [6, 6.07) is 2.44. The minimum Gasteiger partial charge on any atom is -0.327 e. The zero-order chi connectivity index (χ0) is 11.0. The van der Waals surface area contributed by atoms with Gasteiger partial charge in [0.1, 0.15) is 0 Å². The Morgan fingerprint density at radius 2 is 2.19 bits per heavy atom. The normalized spacial score (nSPS) is 34.4. The van der Waals surface area contributed by atoms with Crippen molar-refractivity contribution in [2.75, 3.05) is 19.6 Å². The zero-order valence-corrected chi connectivity index (χ0v) is 9.63. The maximum atomic E-state index is 6.13. The van der Waals surface area contributed by atoms with E-state index >= 15 is 0 Å². The first-order chi connectivity index (χ1) is 7.83. The Bertz CT molecular complexity index is 335. The molecule has 4 nitrogen and oxygen atoms in total. The van der Waals surface area contributed by atoms with E-state index in [0.717, 1.165) is 24.9 Å². The molecule has 1 aromatic heterocycles. The largest absolute Gasteiger partial charge is 0.327 e. The molecule has 1 saturated heterocycles. The number of aromatic nitrogens is 2. The third-order valence-electron chi connectivity index (χ3n) is 4.19. The van der Waals surface area contributed by atoms with Crippen molar-refractivity contribution in [1.82, 2.24) is 14.7 Å². The van der Waals surface area contributed by atoms with E-state index in [0.29, 0.717) is 6.04 Å². The van der Waals surface area contributed by atoms with Crippen LogP contribution in [0, 0.1) is 11.8 Å². The summed E-state index contributed by atoms with van der Waals surface area (Å²) in [4.78, 5) is 2.55. The van der Waals surface area contributed by atoms with Crippen molar-refractivity contribution in [2.24, 2.45) is 17.6 Å². The number of nitrogens with two attached hydrogens (primary N) is 1. The van der Waals surface area contributed by atoms with Gasteiger partial charge < -0.3 is 10.6 Å². The number of rotatable bonds is 3. The summed E-state index contributed by atoms with van der Waals surface area (Å²) < 4.78 is 2.01. The van der Waals surface area contributed by atoms with Gasteiger partial charge in [0.25, 0.3) is 0 Å². The lowest BCUT2D eigenvalue weighted by Crippen LogP contribution is -2.31. The van der Waals surface area contributed by atoms with E-state index in [9.17, 15) is 0 Å². The third-order valence-corrected chi connectivity index (χ3v) is 4.19. The Balaban J connectivity index is 1.51. The minimum absolute atomic E-state index is 0.458. The van der Waals surface area contributed by atoms with Gasteiger partial charge in [-0.15, -0.1) is 0 Å². The molecule has 2 aliphatic rings. The van der Waals surface area contributed by atoms with E-state index < -0.39 is 0 Å². The van der Waals surface area contributed by atoms with Gasteiger partial charge in [-0.05, 0) is 30.7 Å². The summed E-state index contributed by atoms with van der Waals surface area (Å²) >= 11 is 0. The highest BCUT2D eigenvalue weighted by Crippen LogP contribution is 2.36. The van der Waals surface area contributed by atoms with Gasteiger partial charge in [0.15, 0.2) is 0 Å². The van der Waals surface area contributed by atoms with E-state index in [1.165, 1.54) is 25.9 Å². The van der Waals surface area contributed by atoms with Gasteiger partial charge in [-0.2, -0.15) is 5.10 Å². The van der Waals surface area contributed by atoms with Crippen molar-refractivity contribution in [3.8, 4) is 0 Å². The second-order valence-corrected chi connectivity index (χ2v) is 5.19. The summed E-state index contributed by atoms with van der Waals surface area (Å²) in [5.41, 5.74) is 6.13. The molecule has 3 rings (SSSR count). The number of nitrogens with zero attached hydrogens (tertiary/aromatic N) is 3. The fourth-order valence-electron chi connectivity index (χ4n) is 3.26. The molecule has 0 amide bonds. The average molecular weight is 220 g/mol. The van der Waals surface area contributed by atoms with Crippen LogP contribution in [0.15, 0.2) is 18.5 Å². The molecule has 1 aromatic rings. The van der Waals surface area contributed by atoms with Gasteiger partial charge in [0, 0.05) is 38.1 Å². The topological polar surface area (TPSA) is 47.1 Å². The lowest BCUT2D eigenvalue weighted by molar-refractivity contribution is 0.288. The van der Waals surface area contributed by atoms with Crippen molar-refractivity contribution >= 4 is 0 Å². The fraction of sp³-hybridized carbons (Fsp3) is 0.750. The summed E-state index contributed by atoms with van der Waals surface area (Å²) in [6.07, 6.45) is 6.45. The van der Waals surface area contributed by atoms with Gasteiger partial charge in [-0.1, -0.05) is 0 Å². The lowest BCUT2D eigenvalue weighted by atomic mass is 9.98. The molecule has 0 aromatic carbocycles. The molecular weight excluding hydrogens is 200 g/mol. The van der Waals surface area contributed by atoms with Crippen LogP contribution < -0.4 is 5.73 Å². The molecule has 88 valence electrons. The van der Waals surface area contributed by atoms with Crippen LogP contribution in [0.25, 0.3) is 0 Å². The van der Waals surface area contributed by atoms with Crippen molar-refractivity contribution in [3.63, 3.8) is 0 Å². The molecule has 1 aliphatic carbocycles. The molecule has 2 N–H and O–H groups in total. The fourth-order valence-corrected chi connectivity index (χ4v) is 3.26. The van der Waals surface area contributed by atoms with Crippen LogP contribution in [0.1, 0.15) is 12.8 Å². The Morgan fingerprint density at radius 1 is 1.25 bits per heavy atom. The first-order valence-corrected chi connectivity index (χ1v) is 6.28. The molecule has 2 fully saturated rings. The molecule has 2 heterocycles. The van der Waals surface area contributed by atoms with E-state index in [1.807, 2.05) is 23.1 Å². The predicted octanol–water partition coefficient (Wildman–Crippen LogP) is 0.552. The molecule has 1 saturated carbocycles. The third kappa shape index (κ3) is 1.87. The molecule has 16 heavy (non-hydrogen) atoms. The lowest BCUT2D eigenvalue weighted by Gasteiger charge is -2.18. The average Bonchev–Trinajstić information content (AvgIpc) is 2.95. The Hall–Kier alpha value is -0.870. The second-order valence-electron chi connectivity index (χ2n) is 5.19. The SMILES string of the molecule is NC1CCC2CN(CCn3cccn3)CC12. The van der Waals surface area contributed by atoms with Gasteiger partial charge in [0.2, 0.25) is 0 Å². The first-order valence-electron chi connectivity index (χ1n) is 6.28. The molecule has 3 atom stereocenters. The van der Waals surface area contributed by atoms with Gasteiger partial charge in [-0.25, -0.2) is 0 Å². The number of fused-ring (bicyclic) bond motifs is 1. The van der Waals surface area contributed by atoms with E-state index in [4.69, 9.17) is 5.73 Å². The van der Waals surface area contributed by atoms with Crippen molar-refractivity contribution < 1.29 is 0 Å². The summed E-state index contributed by atoms with van der Waals surface area (Å²) in [7, 11) is 0. The van der Waals surface area contributed by atoms with Crippen LogP contribution in [-0.2, 0) is 6.54 Å². The quantitative estimate of drug-likeness (QED) is 0.809. The highest BCUT2D eigenvalue weighted by Gasteiger charge is 2.40. The first kappa shape index (κ1) is 10.3. The molecular formula is C12H20N4. The molecule has 0 spiro atoms. The van der Waals surface area contributed by atoms with Gasteiger partial charge in [-0.3, -0.25) is 4.68 Å². The Labute approximate surface area is 96.4 Å². The minimum atomic E-state index is 0.458. The maximum Gasteiger partial charge on any atom is 0.0536 e. The Morgan fingerprint density at radius 3 is 2.94 bits per heavy atom. The molecule has 0 radical (unpaired) electrons. The number of hydrogen-bond acceptors (Lipinski definition) is 3. The van der Waals surface area contributed by atoms with Crippen LogP contribution in [0.2, 0.25) is 0 Å². The van der Waals surface area contributed by atoms with Gasteiger partial charge in [0.05, 0.1) is 6.54 Å². The molecule has 3 unspecified atom stereocenters. The summed E-state index contributed by atoms with van der Waals surface area (Å²) in [5.74, 6) is 1.63. The second kappa shape index (κ2) is 4.18. The Kier molecular flexibility index (Phi) is 2.69.